The molecule has 1 unspecified atom stereocenters. The van der Waals surface area contributed by atoms with Crippen molar-refractivity contribution in [3.63, 3.8) is 0 Å². The first-order valence-corrected chi connectivity index (χ1v) is 7.77. The fourth-order valence-corrected chi connectivity index (χ4v) is 2.68. The van der Waals surface area contributed by atoms with Gasteiger partial charge in [-0.05, 0) is 30.0 Å². The van der Waals surface area contributed by atoms with Gasteiger partial charge in [-0.1, -0.05) is 46.8 Å². The molecule has 0 bridgehead atoms. The van der Waals surface area contributed by atoms with Gasteiger partial charge in [-0.25, -0.2) is 0 Å². The van der Waals surface area contributed by atoms with Crippen LogP contribution in [0.1, 0.15) is 45.7 Å². The molecule has 0 radical (unpaired) electrons. The Kier molecular flexibility index (Phi) is 6.24. The minimum Gasteiger partial charge on any atom is -0.310 e. The van der Waals surface area contributed by atoms with E-state index in [9.17, 15) is 0 Å². The average molecular weight is 265 g/mol. The van der Waals surface area contributed by atoms with Crippen molar-refractivity contribution in [2.24, 2.45) is 5.92 Å². The zero-order valence-corrected chi connectivity index (χ0v) is 13.4. The Bertz CT molecular complexity index is 371. The Morgan fingerprint density at radius 3 is 2.28 bits per heavy atom. The maximum Gasteiger partial charge on any atom is 0.0207 e. The van der Waals surface area contributed by atoms with Gasteiger partial charge in [0.25, 0.3) is 0 Å². The summed E-state index contributed by atoms with van der Waals surface area (Å²) in [6.07, 6.45) is 0. The first-order valence-electron chi connectivity index (χ1n) is 6.89. The van der Waals surface area contributed by atoms with E-state index >= 15 is 0 Å². The predicted molar refractivity (Wildman–Crippen MR) is 83.3 cm³/mol. The third kappa shape index (κ3) is 5.03. The molecule has 0 saturated carbocycles. The van der Waals surface area contributed by atoms with Crippen LogP contribution in [-0.2, 0) is 6.54 Å². The Morgan fingerprint density at radius 2 is 1.78 bits per heavy atom. The maximum atomic E-state index is 3.46. The topological polar surface area (TPSA) is 12.0 Å². The molecule has 18 heavy (non-hydrogen) atoms. The van der Waals surface area contributed by atoms with Gasteiger partial charge in [-0.15, -0.1) is 11.8 Å². The van der Waals surface area contributed by atoms with Crippen LogP contribution in [0.25, 0.3) is 0 Å². The second kappa shape index (κ2) is 7.20. The Labute approximate surface area is 117 Å². The summed E-state index contributed by atoms with van der Waals surface area (Å²) < 4.78 is 0. The van der Waals surface area contributed by atoms with Crippen molar-refractivity contribution in [2.45, 2.75) is 64.3 Å². The molecule has 1 aromatic rings. The van der Waals surface area contributed by atoms with E-state index in [1.54, 1.807) is 0 Å². The average Bonchev–Trinajstić information content (AvgIpc) is 2.29. The van der Waals surface area contributed by atoms with Crippen molar-refractivity contribution in [3.8, 4) is 0 Å². The monoisotopic (exact) mass is 265 g/mol. The van der Waals surface area contributed by atoms with E-state index in [4.69, 9.17) is 0 Å². The van der Waals surface area contributed by atoms with Crippen LogP contribution < -0.4 is 5.32 Å². The van der Waals surface area contributed by atoms with Crippen molar-refractivity contribution in [1.29, 1.82) is 0 Å². The number of hydrogen-bond donors (Lipinski definition) is 1. The Balaban J connectivity index is 2.67. The van der Waals surface area contributed by atoms with Crippen LogP contribution in [0.5, 0.6) is 0 Å². The second-order valence-corrected chi connectivity index (χ2v) is 7.12. The van der Waals surface area contributed by atoms with Crippen molar-refractivity contribution in [3.05, 3.63) is 29.3 Å². The van der Waals surface area contributed by atoms with Gasteiger partial charge in [0.15, 0.2) is 0 Å². The lowest BCUT2D eigenvalue weighted by Crippen LogP contribution is -2.21. The largest absolute Gasteiger partial charge is 0.310 e. The lowest BCUT2D eigenvalue weighted by Gasteiger charge is -2.17. The lowest BCUT2D eigenvalue weighted by atomic mass is 10.1. The molecule has 0 saturated heterocycles. The number of nitrogens with one attached hydrogen (secondary N) is 1. The molecule has 0 aliphatic rings. The van der Waals surface area contributed by atoms with Gasteiger partial charge in [0.05, 0.1) is 0 Å². The molecule has 0 aromatic heterocycles. The third-order valence-electron chi connectivity index (χ3n) is 3.21. The van der Waals surface area contributed by atoms with Crippen LogP contribution in [0.3, 0.4) is 0 Å². The van der Waals surface area contributed by atoms with Crippen LogP contribution in [-0.4, -0.2) is 11.3 Å². The molecule has 0 spiro atoms. The molecule has 1 N–H and O–H groups in total. The summed E-state index contributed by atoms with van der Waals surface area (Å²) in [6.45, 7) is 14.4. The smallest absolute Gasteiger partial charge is 0.0207 e. The van der Waals surface area contributed by atoms with Crippen molar-refractivity contribution in [1.82, 2.24) is 5.32 Å². The lowest BCUT2D eigenvalue weighted by molar-refractivity contribution is 0.588. The minimum absolute atomic E-state index is 0.542. The van der Waals surface area contributed by atoms with Crippen molar-refractivity contribution >= 4 is 11.8 Å². The summed E-state index contributed by atoms with van der Waals surface area (Å²) in [5.41, 5.74) is 2.78. The fourth-order valence-electron chi connectivity index (χ4n) is 1.61. The number of hydrogen-bond acceptors (Lipinski definition) is 2. The van der Waals surface area contributed by atoms with Crippen LogP contribution >= 0.6 is 11.8 Å². The predicted octanol–water partition coefficient (Wildman–Crippen LogP) is 4.63. The van der Waals surface area contributed by atoms with E-state index in [1.165, 1.54) is 16.0 Å². The van der Waals surface area contributed by atoms with E-state index in [2.05, 4.69) is 65.1 Å². The normalized spacial score (nSPS) is 13.3. The minimum atomic E-state index is 0.542. The van der Waals surface area contributed by atoms with E-state index in [0.29, 0.717) is 11.3 Å². The molecule has 1 aromatic carbocycles. The molecule has 1 atom stereocenters. The summed E-state index contributed by atoms with van der Waals surface area (Å²) in [4.78, 5) is 1.42. The molecule has 0 fully saturated rings. The highest BCUT2D eigenvalue weighted by atomic mass is 32.2. The number of aryl methyl sites for hydroxylation is 1. The van der Waals surface area contributed by atoms with Gasteiger partial charge in [0.1, 0.15) is 0 Å². The maximum absolute atomic E-state index is 3.46. The van der Waals surface area contributed by atoms with Crippen molar-refractivity contribution < 1.29 is 0 Å². The summed E-state index contributed by atoms with van der Waals surface area (Å²) in [6, 6.07) is 7.37. The third-order valence-corrected chi connectivity index (χ3v) is 4.83. The number of benzene rings is 1. The molecular weight excluding hydrogens is 238 g/mol. The van der Waals surface area contributed by atoms with Crippen LogP contribution in [0.15, 0.2) is 23.1 Å². The standard InChI is InChI=1S/C16H27NS/c1-11(2)14(6)18-16-8-7-15(9-13(16)5)10-17-12(3)4/h7-9,11-12,14,17H,10H2,1-6H3. The molecule has 0 aliphatic heterocycles. The molecule has 0 heterocycles. The molecule has 1 nitrogen and oxygen atoms in total. The molecule has 0 amide bonds. The molecular formula is C16H27NS. The quantitative estimate of drug-likeness (QED) is 0.753. The highest BCUT2D eigenvalue weighted by molar-refractivity contribution is 8.00. The van der Waals surface area contributed by atoms with Crippen molar-refractivity contribution in [2.75, 3.05) is 0 Å². The zero-order valence-electron chi connectivity index (χ0n) is 12.6. The van der Waals surface area contributed by atoms with Gasteiger partial charge >= 0.3 is 0 Å². The van der Waals surface area contributed by atoms with Crippen LogP contribution in [0.4, 0.5) is 0 Å². The van der Waals surface area contributed by atoms with Crippen LogP contribution in [0, 0.1) is 12.8 Å². The highest BCUT2D eigenvalue weighted by Crippen LogP contribution is 2.30. The Morgan fingerprint density at radius 1 is 1.11 bits per heavy atom. The number of thioether (sulfide) groups is 1. The Hall–Kier alpha value is -0.470. The first kappa shape index (κ1) is 15.6. The van der Waals surface area contributed by atoms with Gasteiger partial charge in [0, 0.05) is 22.7 Å². The van der Waals surface area contributed by atoms with Gasteiger partial charge in [0.2, 0.25) is 0 Å². The van der Waals surface area contributed by atoms with E-state index in [-0.39, 0.29) is 0 Å². The number of rotatable bonds is 6. The van der Waals surface area contributed by atoms with E-state index in [1.807, 2.05) is 11.8 Å². The van der Waals surface area contributed by atoms with Gasteiger partial charge in [-0.3, -0.25) is 0 Å². The second-order valence-electron chi connectivity index (χ2n) is 5.70. The van der Waals surface area contributed by atoms with Gasteiger partial charge in [-0.2, -0.15) is 0 Å². The fraction of sp³-hybridized carbons (Fsp3) is 0.625. The summed E-state index contributed by atoms with van der Waals surface area (Å²) in [5, 5.41) is 4.13. The summed E-state index contributed by atoms with van der Waals surface area (Å²) in [5.74, 6) is 0.719. The van der Waals surface area contributed by atoms with E-state index < -0.39 is 0 Å². The SMILES string of the molecule is Cc1cc(CNC(C)C)ccc1SC(C)C(C)C. The van der Waals surface area contributed by atoms with E-state index in [0.717, 1.165) is 12.5 Å². The molecule has 0 aliphatic carbocycles. The zero-order chi connectivity index (χ0) is 13.7. The molecule has 102 valence electrons. The summed E-state index contributed by atoms with van der Waals surface area (Å²) in [7, 11) is 0. The summed E-state index contributed by atoms with van der Waals surface area (Å²) >= 11 is 1.99. The molecule has 2 heteroatoms. The first-order chi connectivity index (χ1) is 8.40. The highest BCUT2D eigenvalue weighted by Gasteiger charge is 2.10. The van der Waals surface area contributed by atoms with Crippen LogP contribution in [0.2, 0.25) is 0 Å². The molecule has 1 rings (SSSR count). The van der Waals surface area contributed by atoms with Gasteiger partial charge < -0.3 is 5.32 Å².